The lowest BCUT2D eigenvalue weighted by atomic mass is 9.94. The summed E-state index contributed by atoms with van der Waals surface area (Å²) in [6.45, 7) is 4.92. The molecule has 102 valence electrons. The molecule has 0 amide bonds. The van der Waals surface area contributed by atoms with Crippen molar-refractivity contribution in [3.63, 3.8) is 0 Å². The second-order valence-electron chi connectivity index (χ2n) is 4.79. The van der Waals surface area contributed by atoms with Gasteiger partial charge in [-0.05, 0) is 50.3 Å². The lowest BCUT2D eigenvalue weighted by molar-refractivity contribution is 0.131. The predicted octanol–water partition coefficient (Wildman–Crippen LogP) is 4.19. The number of nitrogens with one attached hydrogen (secondary N) is 1. The molecule has 0 radical (unpaired) electrons. The van der Waals surface area contributed by atoms with Crippen molar-refractivity contribution in [1.82, 2.24) is 5.32 Å². The number of aryl methyl sites for hydroxylation is 1. The van der Waals surface area contributed by atoms with Gasteiger partial charge in [0.05, 0.1) is 4.34 Å². The highest BCUT2D eigenvalue weighted by molar-refractivity contribution is 7.16. The van der Waals surface area contributed by atoms with E-state index in [1.54, 1.807) is 11.3 Å². The summed E-state index contributed by atoms with van der Waals surface area (Å²) in [7, 11) is 0. The Hall–Kier alpha value is -0.0900. The van der Waals surface area contributed by atoms with Crippen molar-refractivity contribution in [3.05, 3.63) is 20.8 Å². The minimum Gasteiger partial charge on any atom is -0.381 e. The van der Waals surface area contributed by atoms with Crippen molar-refractivity contribution in [3.8, 4) is 0 Å². The second kappa shape index (κ2) is 7.49. The third-order valence-electron chi connectivity index (χ3n) is 3.29. The first kappa shape index (κ1) is 14.3. The lowest BCUT2D eigenvalue weighted by Gasteiger charge is -2.23. The molecule has 1 aliphatic carbocycles. The highest BCUT2D eigenvalue weighted by Gasteiger charge is 2.21. The van der Waals surface area contributed by atoms with Crippen molar-refractivity contribution in [2.24, 2.45) is 0 Å². The summed E-state index contributed by atoms with van der Waals surface area (Å²) >= 11 is 7.85. The molecule has 1 aromatic heterocycles. The molecule has 0 bridgehead atoms. The normalized spacial score (nSPS) is 18.9. The van der Waals surface area contributed by atoms with Gasteiger partial charge in [0, 0.05) is 24.1 Å². The molecule has 18 heavy (non-hydrogen) atoms. The molecule has 1 unspecified atom stereocenters. The third-order valence-corrected chi connectivity index (χ3v) is 4.63. The quantitative estimate of drug-likeness (QED) is 0.760. The fourth-order valence-corrected chi connectivity index (χ4v) is 3.81. The van der Waals surface area contributed by atoms with Crippen LogP contribution in [-0.4, -0.2) is 19.8 Å². The molecular weight excluding hydrogens is 266 g/mol. The summed E-state index contributed by atoms with van der Waals surface area (Å²) < 4.78 is 6.42. The molecule has 1 N–H and O–H groups in total. The smallest absolute Gasteiger partial charge is 0.0934 e. The van der Waals surface area contributed by atoms with Crippen LogP contribution in [-0.2, 0) is 11.2 Å². The minimum absolute atomic E-state index is 0.503. The second-order valence-corrected chi connectivity index (χ2v) is 6.56. The fourth-order valence-electron chi connectivity index (χ4n) is 2.43. The fraction of sp³-hybridized carbons (Fsp3) is 0.714. The van der Waals surface area contributed by atoms with E-state index in [2.05, 4.69) is 18.3 Å². The first-order chi connectivity index (χ1) is 8.81. The van der Waals surface area contributed by atoms with Crippen molar-refractivity contribution >= 4 is 22.9 Å². The van der Waals surface area contributed by atoms with Gasteiger partial charge in [0.2, 0.25) is 0 Å². The van der Waals surface area contributed by atoms with Gasteiger partial charge in [0.15, 0.2) is 0 Å². The van der Waals surface area contributed by atoms with Crippen LogP contribution in [0.15, 0.2) is 6.07 Å². The molecule has 1 aliphatic rings. The van der Waals surface area contributed by atoms with Crippen molar-refractivity contribution in [2.75, 3.05) is 19.8 Å². The van der Waals surface area contributed by atoms with Gasteiger partial charge in [0.25, 0.3) is 0 Å². The zero-order valence-corrected chi connectivity index (χ0v) is 12.6. The number of halogens is 1. The maximum atomic E-state index is 6.11. The van der Waals surface area contributed by atoms with E-state index in [1.165, 1.54) is 29.7 Å². The summed E-state index contributed by atoms with van der Waals surface area (Å²) in [4.78, 5) is 1.48. The van der Waals surface area contributed by atoms with E-state index in [0.717, 1.165) is 36.9 Å². The summed E-state index contributed by atoms with van der Waals surface area (Å²) in [5.74, 6) is 0. The number of fused-ring (bicyclic) bond motifs is 1. The SMILES string of the molecule is CCCOCCCNC1CCCc2sc(Cl)cc21. The Morgan fingerprint density at radius 3 is 3.22 bits per heavy atom. The van der Waals surface area contributed by atoms with Crippen LogP contribution in [0.5, 0.6) is 0 Å². The van der Waals surface area contributed by atoms with Crippen LogP contribution >= 0.6 is 22.9 Å². The van der Waals surface area contributed by atoms with Crippen LogP contribution in [0.1, 0.15) is 49.1 Å². The summed E-state index contributed by atoms with van der Waals surface area (Å²) in [6.07, 6.45) is 5.89. The number of ether oxygens (including phenoxy) is 1. The maximum absolute atomic E-state index is 6.11. The Morgan fingerprint density at radius 1 is 1.50 bits per heavy atom. The van der Waals surface area contributed by atoms with Gasteiger partial charge in [0.1, 0.15) is 0 Å². The molecule has 2 nitrogen and oxygen atoms in total. The van der Waals surface area contributed by atoms with E-state index in [9.17, 15) is 0 Å². The Labute approximate surface area is 119 Å². The van der Waals surface area contributed by atoms with Gasteiger partial charge >= 0.3 is 0 Å². The molecule has 0 fully saturated rings. The molecule has 0 saturated heterocycles. The van der Waals surface area contributed by atoms with E-state index >= 15 is 0 Å². The van der Waals surface area contributed by atoms with Crippen molar-refractivity contribution < 1.29 is 4.74 Å². The predicted molar refractivity (Wildman–Crippen MR) is 78.7 cm³/mol. The van der Waals surface area contributed by atoms with E-state index in [4.69, 9.17) is 16.3 Å². The molecule has 0 aromatic carbocycles. The molecule has 1 heterocycles. The van der Waals surface area contributed by atoms with Crippen molar-refractivity contribution in [2.45, 2.75) is 45.1 Å². The monoisotopic (exact) mass is 287 g/mol. The summed E-state index contributed by atoms with van der Waals surface area (Å²) in [5, 5.41) is 3.64. The highest BCUT2D eigenvalue weighted by Crippen LogP contribution is 2.37. The topological polar surface area (TPSA) is 21.3 Å². The molecule has 2 rings (SSSR count). The summed E-state index contributed by atoms with van der Waals surface area (Å²) in [6, 6.07) is 2.65. The molecule has 4 heteroatoms. The average molecular weight is 288 g/mol. The Kier molecular flexibility index (Phi) is 5.96. The summed E-state index contributed by atoms with van der Waals surface area (Å²) in [5.41, 5.74) is 1.44. The first-order valence-electron chi connectivity index (χ1n) is 6.90. The van der Waals surface area contributed by atoms with Gasteiger partial charge < -0.3 is 10.1 Å². The van der Waals surface area contributed by atoms with Crippen LogP contribution in [0, 0.1) is 0 Å². The van der Waals surface area contributed by atoms with Crippen LogP contribution < -0.4 is 5.32 Å². The standard InChI is InChI=1S/C14H22ClNOS/c1-2-8-17-9-4-7-16-12-5-3-6-13-11(12)10-14(15)18-13/h10,12,16H,2-9H2,1H3. The molecule has 0 saturated carbocycles. The molecule has 1 aromatic rings. The highest BCUT2D eigenvalue weighted by atomic mass is 35.5. The van der Waals surface area contributed by atoms with Gasteiger partial charge in [-0.25, -0.2) is 0 Å². The number of thiophene rings is 1. The Bertz CT molecular complexity index is 367. The molecular formula is C14H22ClNOS. The average Bonchev–Trinajstić information content (AvgIpc) is 2.74. The first-order valence-corrected chi connectivity index (χ1v) is 8.10. The number of hydrogen-bond acceptors (Lipinski definition) is 3. The van der Waals surface area contributed by atoms with E-state index in [-0.39, 0.29) is 0 Å². The Balaban J connectivity index is 1.74. The van der Waals surface area contributed by atoms with E-state index < -0.39 is 0 Å². The van der Waals surface area contributed by atoms with Crippen LogP contribution in [0.2, 0.25) is 4.34 Å². The van der Waals surface area contributed by atoms with Gasteiger partial charge in [-0.1, -0.05) is 18.5 Å². The third kappa shape index (κ3) is 3.95. The zero-order valence-electron chi connectivity index (χ0n) is 11.0. The largest absolute Gasteiger partial charge is 0.381 e. The number of rotatable bonds is 7. The van der Waals surface area contributed by atoms with Gasteiger partial charge in [-0.15, -0.1) is 11.3 Å². The zero-order chi connectivity index (χ0) is 12.8. The Morgan fingerprint density at radius 2 is 2.39 bits per heavy atom. The van der Waals surface area contributed by atoms with Gasteiger partial charge in [-0.2, -0.15) is 0 Å². The molecule has 0 spiro atoms. The molecule has 1 atom stereocenters. The lowest BCUT2D eigenvalue weighted by Crippen LogP contribution is -2.25. The minimum atomic E-state index is 0.503. The van der Waals surface area contributed by atoms with E-state index in [1.807, 2.05) is 0 Å². The van der Waals surface area contributed by atoms with Crippen LogP contribution in [0.3, 0.4) is 0 Å². The van der Waals surface area contributed by atoms with E-state index in [0.29, 0.717) is 6.04 Å². The van der Waals surface area contributed by atoms with Gasteiger partial charge in [-0.3, -0.25) is 0 Å². The molecule has 0 aliphatic heterocycles. The van der Waals surface area contributed by atoms with Crippen LogP contribution in [0.25, 0.3) is 0 Å². The maximum Gasteiger partial charge on any atom is 0.0934 e. The van der Waals surface area contributed by atoms with Crippen LogP contribution in [0.4, 0.5) is 0 Å². The number of hydrogen-bond donors (Lipinski definition) is 1. The van der Waals surface area contributed by atoms with Crippen molar-refractivity contribution in [1.29, 1.82) is 0 Å².